The molecule has 2 heterocycles. The van der Waals surface area contributed by atoms with Crippen molar-refractivity contribution in [1.82, 2.24) is 9.97 Å². The van der Waals surface area contributed by atoms with E-state index in [0.29, 0.717) is 5.82 Å². The van der Waals surface area contributed by atoms with E-state index < -0.39 is 0 Å². The monoisotopic (exact) mass is 194 g/mol. The fourth-order valence-electron chi connectivity index (χ4n) is 2.16. The second-order valence-electron chi connectivity index (χ2n) is 4.06. The third-order valence-electron chi connectivity index (χ3n) is 3.02. The van der Waals surface area contributed by atoms with E-state index in [-0.39, 0.29) is 11.8 Å². The van der Waals surface area contributed by atoms with E-state index in [0.717, 1.165) is 31.1 Å². The lowest BCUT2D eigenvalue weighted by molar-refractivity contribution is 0.604. The fourth-order valence-corrected chi connectivity index (χ4v) is 2.16. The molecule has 1 saturated carbocycles. The van der Waals surface area contributed by atoms with Gasteiger partial charge in [-0.3, -0.25) is 0 Å². The number of rotatable bonds is 1. The van der Waals surface area contributed by atoms with Crippen LogP contribution in [0, 0.1) is 17.7 Å². The Morgan fingerprint density at radius 2 is 2.14 bits per heavy atom. The average Bonchev–Trinajstić information content (AvgIpc) is 2.78. The van der Waals surface area contributed by atoms with Gasteiger partial charge in [0.2, 0.25) is 5.95 Å². The van der Waals surface area contributed by atoms with E-state index in [1.54, 1.807) is 0 Å². The molecule has 2 aliphatic rings. The highest BCUT2D eigenvalue weighted by Crippen LogP contribution is 2.46. The van der Waals surface area contributed by atoms with Crippen LogP contribution in [0.1, 0.15) is 6.42 Å². The van der Waals surface area contributed by atoms with Crippen LogP contribution in [0.2, 0.25) is 0 Å². The summed E-state index contributed by atoms with van der Waals surface area (Å²) in [6, 6.07) is 0. The molecule has 4 nitrogen and oxygen atoms in total. The maximum Gasteiger partial charge on any atom is 0.222 e. The van der Waals surface area contributed by atoms with Crippen molar-refractivity contribution in [3.8, 4) is 0 Å². The molecule has 0 aromatic carbocycles. The Labute approximate surface area is 80.9 Å². The number of anilines is 2. The molecule has 0 radical (unpaired) electrons. The third-order valence-corrected chi connectivity index (χ3v) is 3.02. The van der Waals surface area contributed by atoms with Gasteiger partial charge >= 0.3 is 0 Å². The molecule has 1 aliphatic carbocycles. The summed E-state index contributed by atoms with van der Waals surface area (Å²) in [4.78, 5) is 9.50. The van der Waals surface area contributed by atoms with Gasteiger partial charge in [-0.15, -0.1) is 0 Å². The molecule has 74 valence electrons. The summed E-state index contributed by atoms with van der Waals surface area (Å²) in [5.41, 5.74) is 5.43. The largest absolute Gasteiger partial charge is 0.368 e. The summed E-state index contributed by atoms with van der Waals surface area (Å²) in [6.45, 7) is 1.83. The van der Waals surface area contributed by atoms with E-state index in [1.165, 1.54) is 6.42 Å². The Balaban J connectivity index is 1.91. The van der Waals surface area contributed by atoms with E-state index in [9.17, 15) is 4.39 Å². The molecule has 0 bridgehead atoms. The van der Waals surface area contributed by atoms with Crippen molar-refractivity contribution in [2.75, 3.05) is 23.7 Å². The number of nitrogens with two attached hydrogens (primary N) is 1. The lowest BCUT2D eigenvalue weighted by Crippen LogP contribution is -2.24. The molecule has 1 aliphatic heterocycles. The first kappa shape index (κ1) is 7.96. The Hall–Kier alpha value is -1.39. The second kappa shape index (κ2) is 2.56. The fraction of sp³-hybridized carbons (Fsp3) is 0.556. The van der Waals surface area contributed by atoms with Crippen molar-refractivity contribution in [3.63, 3.8) is 0 Å². The zero-order chi connectivity index (χ0) is 9.71. The highest BCUT2D eigenvalue weighted by molar-refractivity contribution is 5.44. The second-order valence-corrected chi connectivity index (χ2v) is 4.06. The minimum Gasteiger partial charge on any atom is -0.368 e. The predicted octanol–water partition coefficient (Wildman–Crippen LogP) is 0.654. The van der Waals surface area contributed by atoms with Gasteiger partial charge in [-0.25, -0.2) is 9.37 Å². The number of hydrogen-bond acceptors (Lipinski definition) is 4. The molecule has 3 rings (SSSR count). The summed E-state index contributed by atoms with van der Waals surface area (Å²) in [5, 5.41) is 0. The van der Waals surface area contributed by atoms with Gasteiger partial charge < -0.3 is 10.6 Å². The summed E-state index contributed by atoms with van der Waals surface area (Å²) < 4.78 is 13.3. The van der Waals surface area contributed by atoms with Gasteiger partial charge in [-0.2, -0.15) is 4.98 Å². The van der Waals surface area contributed by atoms with Crippen LogP contribution in [-0.2, 0) is 0 Å². The molecule has 2 atom stereocenters. The van der Waals surface area contributed by atoms with E-state index in [1.807, 2.05) is 4.90 Å². The molecule has 0 amide bonds. The van der Waals surface area contributed by atoms with Crippen LogP contribution in [0.3, 0.4) is 0 Å². The minimum atomic E-state index is -0.375. The zero-order valence-electron chi connectivity index (χ0n) is 7.65. The predicted molar refractivity (Wildman–Crippen MR) is 50.2 cm³/mol. The van der Waals surface area contributed by atoms with Crippen molar-refractivity contribution in [1.29, 1.82) is 0 Å². The molecule has 1 saturated heterocycles. The van der Waals surface area contributed by atoms with Crippen LogP contribution < -0.4 is 10.6 Å². The smallest absolute Gasteiger partial charge is 0.222 e. The van der Waals surface area contributed by atoms with Gasteiger partial charge in [0.25, 0.3) is 0 Å². The van der Waals surface area contributed by atoms with Crippen LogP contribution in [-0.4, -0.2) is 23.1 Å². The SMILES string of the molecule is Nc1ncc(F)c(N2CC3CC3C2)n1. The van der Waals surface area contributed by atoms with Crippen LogP contribution in [0.4, 0.5) is 16.2 Å². The van der Waals surface area contributed by atoms with Gasteiger partial charge in [-0.1, -0.05) is 0 Å². The number of hydrogen-bond donors (Lipinski definition) is 1. The quantitative estimate of drug-likeness (QED) is 0.713. The number of nitrogen functional groups attached to an aromatic ring is 1. The van der Waals surface area contributed by atoms with Gasteiger partial charge in [0, 0.05) is 13.1 Å². The Kier molecular flexibility index (Phi) is 1.45. The number of halogens is 1. The summed E-state index contributed by atoms with van der Waals surface area (Å²) in [7, 11) is 0. The zero-order valence-corrected chi connectivity index (χ0v) is 7.65. The molecule has 1 aromatic rings. The number of aromatic nitrogens is 2. The van der Waals surface area contributed by atoms with Crippen molar-refractivity contribution in [2.24, 2.45) is 11.8 Å². The summed E-state index contributed by atoms with van der Waals surface area (Å²) >= 11 is 0. The molecule has 2 unspecified atom stereocenters. The topological polar surface area (TPSA) is 55.0 Å². The van der Waals surface area contributed by atoms with E-state index in [4.69, 9.17) is 5.73 Å². The van der Waals surface area contributed by atoms with Crippen molar-refractivity contribution in [3.05, 3.63) is 12.0 Å². The summed E-state index contributed by atoms with van der Waals surface area (Å²) in [6.07, 6.45) is 2.43. The first-order valence-corrected chi connectivity index (χ1v) is 4.77. The highest BCUT2D eigenvalue weighted by Gasteiger charge is 2.46. The lowest BCUT2D eigenvalue weighted by atomic mass is 10.4. The minimum absolute atomic E-state index is 0.141. The van der Waals surface area contributed by atoms with Crippen molar-refractivity contribution < 1.29 is 4.39 Å². The maximum atomic E-state index is 13.3. The number of nitrogens with zero attached hydrogens (tertiary/aromatic N) is 3. The molecule has 2 N–H and O–H groups in total. The molecule has 1 aromatic heterocycles. The normalized spacial score (nSPS) is 29.1. The average molecular weight is 194 g/mol. The molecular formula is C9H11FN4. The molecular weight excluding hydrogens is 183 g/mol. The van der Waals surface area contributed by atoms with Crippen LogP contribution >= 0.6 is 0 Å². The van der Waals surface area contributed by atoms with E-state index in [2.05, 4.69) is 9.97 Å². The Morgan fingerprint density at radius 1 is 1.43 bits per heavy atom. The van der Waals surface area contributed by atoms with Gasteiger partial charge in [0.05, 0.1) is 6.20 Å². The first-order valence-electron chi connectivity index (χ1n) is 4.77. The highest BCUT2D eigenvalue weighted by atomic mass is 19.1. The molecule has 2 fully saturated rings. The number of piperidine rings is 1. The maximum absolute atomic E-state index is 13.3. The molecule has 14 heavy (non-hydrogen) atoms. The van der Waals surface area contributed by atoms with Crippen LogP contribution in [0.25, 0.3) is 0 Å². The van der Waals surface area contributed by atoms with Gasteiger partial charge in [0.15, 0.2) is 11.6 Å². The van der Waals surface area contributed by atoms with Crippen molar-refractivity contribution in [2.45, 2.75) is 6.42 Å². The Bertz CT molecular complexity index is 371. The lowest BCUT2D eigenvalue weighted by Gasteiger charge is -2.19. The Morgan fingerprint density at radius 3 is 2.86 bits per heavy atom. The van der Waals surface area contributed by atoms with Gasteiger partial charge in [-0.05, 0) is 18.3 Å². The molecule has 5 heteroatoms. The van der Waals surface area contributed by atoms with Crippen LogP contribution in [0.5, 0.6) is 0 Å². The molecule has 0 spiro atoms. The standard InChI is InChI=1S/C9H11FN4/c10-7-2-12-9(11)13-8(7)14-3-5-1-6(5)4-14/h2,5-6H,1,3-4H2,(H2,11,12,13). The summed E-state index contributed by atoms with van der Waals surface area (Å²) in [5.74, 6) is 1.64. The van der Waals surface area contributed by atoms with Crippen molar-refractivity contribution >= 4 is 11.8 Å². The van der Waals surface area contributed by atoms with E-state index >= 15 is 0 Å². The first-order chi connectivity index (χ1) is 6.74. The van der Waals surface area contributed by atoms with Crippen LogP contribution in [0.15, 0.2) is 6.20 Å². The number of fused-ring (bicyclic) bond motifs is 1. The van der Waals surface area contributed by atoms with Gasteiger partial charge in [0.1, 0.15) is 0 Å². The third kappa shape index (κ3) is 1.12.